The van der Waals surface area contributed by atoms with Gasteiger partial charge in [0.15, 0.2) is 0 Å². The third-order valence-electron chi connectivity index (χ3n) is 2.42. The molecule has 0 heterocycles. The van der Waals surface area contributed by atoms with Crippen LogP contribution in [-0.2, 0) is 0 Å². The van der Waals surface area contributed by atoms with E-state index in [4.69, 9.17) is 11.6 Å². The van der Waals surface area contributed by atoms with E-state index in [1.165, 1.54) is 42.6 Å². The number of halogens is 2. The van der Waals surface area contributed by atoms with Gasteiger partial charge in [-0.25, -0.2) is 4.39 Å². The summed E-state index contributed by atoms with van der Waals surface area (Å²) in [5, 5.41) is 14.7. The molecule has 0 aliphatic carbocycles. The van der Waals surface area contributed by atoms with Crippen molar-refractivity contribution in [3.63, 3.8) is 0 Å². The molecule has 0 saturated heterocycles. The third kappa shape index (κ3) is 3.52. The van der Waals surface area contributed by atoms with E-state index in [2.05, 4.69) is 10.5 Å². The molecule has 20 heavy (non-hydrogen) atoms. The maximum absolute atomic E-state index is 12.7. The minimum Gasteiger partial charge on any atom is -0.279 e. The molecular formula is C13H9ClFN3O2. The van der Waals surface area contributed by atoms with Gasteiger partial charge in [0.2, 0.25) is 0 Å². The Balaban J connectivity index is 2.10. The van der Waals surface area contributed by atoms with Crippen LogP contribution in [0.3, 0.4) is 0 Å². The van der Waals surface area contributed by atoms with Crippen molar-refractivity contribution in [2.45, 2.75) is 0 Å². The number of hydrogen-bond acceptors (Lipinski definition) is 4. The molecule has 0 aliphatic rings. The summed E-state index contributed by atoms with van der Waals surface area (Å²) in [5.41, 5.74) is 3.63. The molecule has 0 fully saturated rings. The van der Waals surface area contributed by atoms with Crippen LogP contribution >= 0.6 is 11.6 Å². The molecule has 2 rings (SSSR count). The molecule has 2 aromatic rings. The van der Waals surface area contributed by atoms with Crippen LogP contribution in [0.5, 0.6) is 0 Å². The Labute approximate surface area is 118 Å². The molecular weight excluding hydrogens is 285 g/mol. The predicted molar refractivity (Wildman–Crippen MR) is 75.7 cm³/mol. The Kier molecular flexibility index (Phi) is 4.27. The average Bonchev–Trinajstić information content (AvgIpc) is 2.42. The number of hydrazone groups is 1. The molecule has 0 aromatic heterocycles. The van der Waals surface area contributed by atoms with Gasteiger partial charge in [0.05, 0.1) is 16.8 Å². The van der Waals surface area contributed by atoms with Crippen LogP contribution in [0.2, 0.25) is 5.02 Å². The number of nitrogens with one attached hydrogen (secondary N) is 1. The van der Waals surface area contributed by atoms with Gasteiger partial charge in [-0.3, -0.25) is 15.5 Å². The lowest BCUT2D eigenvalue weighted by atomic mass is 10.2. The number of nitro groups is 1. The van der Waals surface area contributed by atoms with E-state index in [1.54, 1.807) is 6.07 Å². The summed E-state index contributed by atoms with van der Waals surface area (Å²) in [4.78, 5) is 10.2. The summed E-state index contributed by atoms with van der Waals surface area (Å²) in [7, 11) is 0. The number of nitro benzene ring substituents is 1. The average molecular weight is 294 g/mol. The van der Waals surface area contributed by atoms with Gasteiger partial charge in [-0.05, 0) is 30.3 Å². The minimum absolute atomic E-state index is 0.0682. The summed E-state index contributed by atoms with van der Waals surface area (Å²) in [6, 6.07) is 9.99. The van der Waals surface area contributed by atoms with Crippen molar-refractivity contribution in [1.82, 2.24) is 0 Å². The highest BCUT2D eigenvalue weighted by molar-refractivity contribution is 6.32. The third-order valence-corrected chi connectivity index (χ3v) is 2.74. The fourth-order valence-corrected chi connectivity index (χ4v) is 1.64. The van der Waals surface area contributed by atoms with Crippen LogP contribution in [0, 0.1) is 15.9 Å². The molecule has 102 valence electrons. The SMILES string of the molecule is O=[N+]([O-])c1cc(/C=N\Nc2ccc(F)cc2)ccc1Cl. The van der Waals surface area contributed by atoms with Gasteiger partial charge in [-0.1, -0.05) is 17.7 Å². The van der Waals surface area contributed by atoms with Gasteiger partial charge in [-0.15, -0.1) is 0 Å². The van der Waals surface area contributed by atoms with Crippen molar-refractivity contribution in [1.29, 1.82) is 0 Å². The van der Waals surface area contributed by atoms with E-state index >= 15 is 0 Å². The Hall–Kier alpha value is -2.47. The standard InChI is InChI=1S/C13H9ClFN3O2/c14-12-6-1-9(7-13(12)18(19)20)8-16-17-11-4-2-10(15)3-5-11/h1-8,17H/b16-8-. The minimum atomic E-state index is -0.562. The van der Waals surface area contributed by atoms with Crippen molar-refractivity contribution in [3.05, 3.63) is 69.0 Å². The Morgan fingerprint density at radius 2 is 1.95 bits per heavy atom. The number of rotatable bonds is 4. The molecule has 5 nitrogen and oxygen atoms in total. The van der Waals surface area contributed by atoms with Crippen LogP contribution in [-0.4, -0.2) is 11.1 Å². The molecule has 0 spiro atoms. The normalized spacial score (nSPS) is 10.7. The zero-order valence-electron chi connectivity index (χ0n) is 10.1. The summed E-state index contributed by atoms with van der Waals surface area (Å²) < 4.78 is 12.7. The maximum atomic E-state index is 12.7. The molecule has 0 saturated carbocycles. The summed E-state index contributed by atoms with van der Waals surface area (Å²) >= 11 is 5.70. The lowest BCUT2D eigenvalue weighted by Crippen LogP contribution is -1.93. The van der Waals surface area contributed by atoms with Crippen LogP contribution in [0.15, 0.2) is 47.6 Å². The second-order valence-electron chi connectivity index (χ2n) is 3.84. The molecule has 0 aliphatic heterocycles. The predicted octanol–water partition coefficient (Wildman–Crippen LogP) is 3.83. The number of anilines is 1. The van der Waals surface area contributed by atoms with Crippen LogP contribution in [0.25, 0.3) is 0 Å². The van der Waals surface area contributed by atoms with E-state index in [9.17, 15) is 14.5 Å². The highest BCUT2D eigenvalue weighted by Gasteiger charge is 2.11. The van der Waals surface area contributed by atoms with E-state index < -0.39 is 4.92 Å². The maximum Gasteiger partial charge on any atom is 0.288 e. The van der Waals surface area contributed by atoms with Gasteiger partial charge in [0.25, 0.3) is 5.69 Å². The Bertz CT molecular complexity index is 659. The van der Waals surface area contributed by atoms with E-state index in [-0.39, 0.29) is 16.5 Å². The summed E-state index contributed by atoms with van der Waals surface area (Å²) in [6.45, 7) is 0. The second kappa shape index (κ2) is 6.12. The zero-order valence-corrected chi connectivity index (χ0v) is 10.8. The number of hydrogen-bond donors (Lipinski definition) is 1. The molecule has 0 unspecified atom stereocenters. The van der Waals surface area contributed by atoms with Gasteiger partial charge in [0, 0.05) is 11.6 Å². The molecule has 0 atom stereocenters. The topological polar surface area (TPSA) is 67.5 Å². The van der Waals surface area contributed by atoms with Crippen molar-refractivity contribution in [3.8, 4) is 0 Å². The lowest BCUT2D eigenvalue weighted by Gasteiger charge is -2.00. The first kappa shape index (κ1) is 14.0. The van der Waals surface area contributed by atoms with Crippen molar-refractivity contribution in [2.24, 2.45) is 5.10 Å². The molecule has 0 amide bonds. The molecule has 0 bridgehead atoms. The van der Waals surface area contributed by atoms with Gasteiger partial charge < -0.3 is 0 Å². The van der Waals surface area contributed by atoms with Crippen molar-refractivity contribution in [2.75, 3.05) is 5.43 Å². The fourth-order valence-electron chi connectivity index (χ4n) is 1.46. The Morgan fingerprint density at radius 1 is 1.25 bits per heavy atom. The van der Waals surface area contributed by atoms with Gasteiger partial charge in [-0.2, -0.15) is 5.10 Å². The van der Waals surface area contributed by atoms with Crippen molar-refractivity contribution < 1.29 is 9.31 Å². The van der Waals surface area contributed by atoms with Gasteiger partial charge >= 0.3 is 0 Å². The van der Waals surface area contributed by atoms with Crippen LogP contribution in [0.1, 0.15) is 5.56 Å². The van der Waals surface area contributed by atoms with Crippen LogP contribution in [0.4, 0.5) is 15.8 Å². The molecule has 0 radical (unpaired) electrons. The van der Waals surface area contributed by atoms with E-state index in [0.29, 0.717) is 11.3 Å². The molecule has 7 heteroatoms. The first-order chi connectivity index (χ1) is 9.56. The number of benzene rings is 2. The highest BCUT2D eigenvalue weighted by Crippen LogP contribution is 2.24. The molecule has 1 N–H and O–H groups in total. The summed E-state index contributed by atoms with van der Waals surface area (Å²) in [5.74, 6) is -0.340. The fraction of sp³-hybridized carbons (Fsp3) is 0. The smallest absolute Gasteiger partial charge is 0.279 e. The zero-order chi connectivity index (χ0) is 14.5. The summed E-state index contributed by atoms with van der Waals surface area (Å²) in [6.07, 6.45) is 1.41. The monoisotopic (exact) mass is 293 g/mol. The Morgan fingerprint density at radius 3 is 2.60 bits per heavy atom. The van der Waals surface area contributed by atoms with Crippen LogP contribution < -0.4 is 5.43 Å². The quantitative estimate of drug-likeness (QED) is 0.529. The second-order valence-corrected chi connectivity index (χ2v) is 4.25. The van der Waals surface area contributed by atoms with E-state index in [1.807, 2.05) is 0 Å². The number of nitrogens with zero attached hydrogens (tertiary/aromatic N) is 2. The van der Waals surface area contributed by atoms with Crippen molar-refractivity contribution >= 4 is 29.2 Å². The highest BCUT2D eigenvalue weighted by atomic mass is 35.5. The van der Waals surface area contributed by atoms with Gasteiger partial charge in [0.1, 0.15) is 10.8 Å². The lowest BCUT2D eigenvalue weighted by molar-refractivity contribution is -0.384. The van der Waals surface area contributed by atoms with E-state index in [0.717, 1.165) is 0 Å². The molecule has 2 aromatic carbocycles. The first-order valence-electron chi connectivity index (χ1n) is 5.55. The first-order valence-corrected chi connectivity index (χ1v) is 5.92. The largest absolute Gasteiger partial charge is 0.288 e.